The molecule has 0 radical (unpaired) electrons. The summed E-state index contributed by atoms with van der Waals surface area (Å²) in [6.45, 7) is 10.1. The SMILES string of the molecule is C=C(Nc1cncc(N2CCN(C)CC2)c1C)c1n[nH]c2cnc(-c3cncc(N(C)C)c3)c(F)c12. The number of piperazine rings is 1. The number of aromatic nitrogens is 5. The predicted octanol–water partition coefficient (Wildman–Crippen LogP) is 3.76. The van der Waals surface area contributed by atoms with E-state index in [0.717, 1.165) is 48.8 Å². The summed E-state index contributed by atoms with van der Waals surface area (Å²) >= 11 is 0. The summed E-state index contributed by atoms with van der Waals surface area (Å²) in [6.07, 6.45) is 8.57. The van der Waals surface area contributed by atoms with Gasteiger partial charge in [0, 0.05) is 52.0 Å². The number of nitrogens with one attached hydrogen (secondary N) is 2. The van der Waals surface area contributed by atoms with Crippen molar-refractivity contribution in [3.05, 3.63) is 60.7 Å². The van der Waals surface area contributed by atoms with E-state index in [1.165, 1.54) is 0 Å². The van der Waals surface area contributed by atoms with Crippen LogP contribution >= 0.6 is 0 Å². The molecule has 0 amide bonds. The van der Waals surface area contributed by atoms with Gasteiger partial charge in [0.1, 0.15) is 11.4 Å². The molecule has 9 nitrogen and oxygen atoms in total. The van der Waals surface area contributed by atoms with Gasteiger partial charge in [0.2, 0.25) is 0 Å². The zero-order valence-corrected chi connectivity index (χ0v) is 21.0. The normalized spacial score (nSPS) is 14.3. The monoisotopic (exact) mass is 487 g/mol. The highest BCUT2D eigenvalue weighted by Gasteiger charge is 2.21. The van der Waals surface area contributed by atoms with E-state index in [2.05, 4.69) is 60.8 Å². The molecular weight excluding hydrogens is 457 g/mol. The summed E-state index contributed by atoms with van der Waals surface area (Å²) in [5, 5.41) is 10.9. The van der Waals surface area contributed by atoms with E-state index < -0.39 is 5.82 Å². The number of likely N-dealkylation sites (N-methyl/N-ethyl adjacent to an activating group) is 1. The Morgan fingerprint density at radius 3 is 2.58 bits per heavy atom. The van der Waals surface area contributed by atoms with Crippen molar-refractivity contribution in [1.82, 2.24) is 30.0 Å². The summed E-state index contributed by atoms with van der Waals surface area (Å²) in [6, 6.07) is 1.86. The smallest absolute Gasteiger partial charge is 0.161 e. The van der Waals surface area contributed by atoms with Crippen molar-refractivity contribution >= 4 is 33.7 Å². The molecule has 0 aromatic carbocycles. The van der Waals surface area contributed by atoms with Crippen LogP contribution in [0.2, 0.25) is 0 Å². The summed E-state index contributed by atoms with van der Waals surface area (Å²) in [5.41, 5.74) is 5.97. The molecule has 36 heavy (non-hydrogen) atoms. The highest BCUT2D eigenvalue weighted by molar-refractivity contribution is 5.95. The van der Waals surface area contributed by atoms with Gasteiger partial charge in [-0.05, 0) is 25.6 Å². The van der Waals surface area contributed by atoms with Gasteiger partial charge >= 0.3 is 0 Å². The van der Waals surface area contributed by atoms with Gasteiger partial charge in [0.25, 0.3) is 0 Å². The molecule has 4 aromatic heterocycles. The van der Waals surface area contributed by atoms with E-state index in [1.807, 2.05) is 31.3 Å². The van der Waals surface area contributed by atoms with Crippen LogP contribution in [0.3, 0.4) is 0 Å². The van der Waals surface area contributed by atoms with Gasteiger partial charge in [-0.1, -0.05) is 6.58 Å². The quantitative estimate of drug-likeness (QED) is 0.425. The second-order valence-corrected chi connectivity index (χ2v) is 9.33. The number of halogens is 1. The van der Waals surface area contributed by atoms with Crippen LogP contribution in [0, 0.1) is 12.7 Å². The van der Waals surface area contributed by atoms with E-state index >= 15 is 4.39 Å². The van der Waals surface area contributed by atoms with Gasteiger partial charge in [-0.15, -0.1) is 0 Å². The Bertz CT molecular complexity index is 1420. The largest absolute Gasteiger partial charge is 0.376 e. The lowest BCUT2D eigenvalue weighted by molar-refractivity contribution is 0.312. The Morgan fingerprint density at radius 1 is 1.08 bits per heavy atom. The van der Waals surface area contributed by atoms with E-state index in [-0.39, 0.29) is 5.69 Å². The lowest BCUT2D eigenvalue weighted by Gasteiger charge is -2.35. The van der Waals surface area contributed by atoms with Crippen molar-refractivity contribution in [3.8, 4) is 11.3 Å². The molecule has 0 spiro atoms. The van der Waals surface area contributed by atoms with Gasteiger partial charge in [0.05, 0.1) is 58.4 Å². The zero-order valence-electron chi connectivity index (χ0n) is 21.0. The average molecular weight is 488 g/mol. The topological polar surface area (TPSA) is 89.1 Å². The number of anilines is 3. The highest BCUT2D eigenvalue weighted by atomic mass is 19.1. The highest BCUT2D eigenvalue weighted by Crippen LogP contribution is 2.33. The fourth-order valence-corrected chi connectivity index (χ4v) is 4.42. The van der Waals surface area contributed by atoms with Crippen LogP contribution < -0.4 is 15.1 Å². The second kappa shape index (κ2) is 9.54. The predicted molar refractivity (Wildman–Crippen MR) is 143 cm³/mol. The maximum atomic E-state index is 15.8. The van der Waals surface area contributed by atoms with E-state index in [4.69, 9.17) is 0 Å². The molecule has 1 fully saturated rings. The number of H-pyrrole nitrogens is 1. The Morgan fingerprint density at radius 2 is 1.83 bits per heavy atom. The van der Waals surface area contributed by atoms with E-state index in [1.54, 1.807) is 24.8 Å². The lowest BCUT2D eigenvalue weighted by Crippen LogP contribution is -2.44. The first-order chi connectivity index (χ1) is 17.3. The minimum atomic E-state index is -0.474. The van der Waals surface area contributed by atoms with Crippen molar-refractivity contribution in [2.24, 2.45) is 0 Å². The van der Waals surface area contributed by atoms with Crippen LogP contribution in [-0.4, -0.2) is 77.4 Å². The molecular formula is C26H30FN9. The second-order valence-electron chi connectivity index (χ2n) is 9.33. The molecule has 1 aliphatic rings. The fraction of sp³-hybridized carbons (Fsp3) is 0.308. The molecule has 0 aliphatic carbocycles. The van der Waals surface area contributed by atoms with Gasteiger partial charge in [-0.25, -0.2) is 4.39 Å². The maximum absolute atomic E-state index is 15.8. The van der Waals surface area contributed by atoms with Crippen molar-refractivity contribution in [2.45, 2.75) is 6.92 Å². The van der Waals surface area contributed by atoms with Crippen molar-refractivity contribution in [3.63, 3.8) is 0 Å². The Labute approximate surface area is 209 Å². The maximum Gasteiger partial charge on any atom is 0.161 e. The average Bonchev–Trinajstić information content (AvgIpc) is 3.32. The molecule has 5 heterocycles. The van der Waals surface area contributed by atoms with Gasteiger partial charge < -0.3 is 20.0 Å². The molecule has 2 N–H and O–H groups in total. The molecule has 1 aliphatic heterocycles. The third-order valence-electron chi connectivity index (χ3n) is 6.66. The van der Waals surface area contributed by atoms with Crippen molar-refractivity contribution in [1.29, 1.82) is 0 Å². The van der Waals surface area contributed by atoms with E-state index in [9.17, 15) is 0 Å². The van der Waals surface area contributed by atoms with Crippen LogP contribution in [0.4, 0.5) is 21.5 Å². The van der Waals surface area contributed by atoms with Gasteiger partial charge in [-0.3, -0.25) is 20.1 Å². The number of aromatic amines is 1. The summed E-state index contributed by atoms with van der Waals surface area (Å²) in [5.74, 6) is -0.474. The molecule has 0 bridgehead atoms. The van der Waals surface area contributed by atoms with Crippen molar-refractivity contribution < 1.29 is 4.39 Å². The fourth-order valence-electron chi connectivity index (χ4n) is 4.42. The molecule has 5 rings (SSSR count). The zero-order chi connectivity index (χ0) is 25.4. The first-order valence-corrected chi connectivity index (χ1v) is 11.8. The van der Waals surface area contributed by atoms with Crippen LogP contribution in [0.1, 0.15) is 11.3 Å². The molecule has 186 valence electrons. The number of fused-ring (bicyclic) bond motifs is 1. The molecule has 4 aromatic rings. The molecule has 0 atom stereocenters. The first-order valence-electron chi connectivity index (χ1n) is 11.8. The van der Waals surface area contributed by atoms with Crippen molar-refractivity contribution in [2.75, 3.05) is 62.4 Å². The Kier molecular flexibility index (Phi) is 6.27. The van der Waals surface area contributed by atoms with Gasteiger partial charge in [0.15, 0.2) is 5.82 Å². The molecule has 0 saturated carbocycles. The minimum absolute atomic E-state index is 0.212. The summed E-state index contributed by atoms with van der Waals surface area (Å²) in [7, 11) is 5.95. The van der Waals surface area contributed by atoms with Crippen LogP contribution in [0.5, 0.6) is 0 Å². The Hall–Kier alpha value is -4.05. The molecule has 1 saturated heterocycles. The number of rotatable bonds is 6. The summed E-state index contributed by atoms with van der Waals surface area (Å²) in [4.78, 5) is 19.6. The Balaban J connectivity index is 1.47. The van der Waals surface area contributed by atoms with Crippen LogP contribution in [-0.2, 0) is 0 Å². The number of nitrogens with zero attached hydrogens (tertiary/aromatic N) is 7. The van der Waals surface area contributed by atoms with Crippen LogP contribution in [0.15, 0.2) is 43.6 Å². The molecule has 10 heteroatoms. The number of hydrogen-bond acceptors (Lipinski definition) is 8. The van der Waals surface area contributed by atoms with Crippen LogP contribution in [0.25, 0.3) is 27.9 Å². The molecule has 0 unspecified atom stereocenters. The lowest BCUT2D eigenvalue weighted by atomic mass is 10.1. The summed E-state index contributed by atoms with van der Waals surface area (Å²) < 4.78 is 15.8. The standard InChI is InChI=1S/C26H30FN9/c1-16-20(13-29-15-22(16)36-8-6-35(5)7-9-36)31-17(2)25-23-21(32-33-25)14-30-26(24(23)27)18-10-19(34(3)4)12-28-11-18/h10-15,31H,2,6-9H2,1,3-5H3,(H,32,33). The van der Waals surface area contributed by atoms with Gasteiger partial charge in [-0.2, -0.15) is 5.10 Å². The first kappa shape index (κ1) is 23.7. The van der Waals surface area contributed by atoms with E-state index in [0.29, 0.717) is 27.9 Å². The third-order valence-corrected chi connectivity index (χ3v) is 6.66. The minimum Gasteiger partial charge on any atom is -0.376 e. The number of pyridine rings is 3. The third kappa shape index (κ3) is 4.35. The number of hydrogen-bond donors (Lipinski definition) is 2.